The second-order valence-electron chi connectivity index (χ2n) is 9.06. The number of nitrogens with two attached hydrogens (primary N) is 1. The van der Waals surface area contributed by atoms with E-state index >= 15 is 0 Å². The van der Waals surface area contributed by atoms with Crippen LogP contribution in [0.4, 0.5) is 11.5 Å². The molecule has 3 N–H and O–H groups in total. The van der Waals surface area contributed by atoms with Gasteiger partial charge < -0.3 is 16.0 Å². The first-order valence-corrected chi connectivity index (χ1v) is 10.9. The minimum Gasteiger partial charge on any atom is -0.379 e. The predicted octanol–water partition coefficient (Wildman–Crippen LogP) is 2.00. The summed E-state index contributed by atoms with van der Waals surface area (Å²) in [6, 6.07) is 9.33. The molecule has 5 rings (SSSR count). The number of nitriles is 1. The summed E-state index contributed by atoms with van der Waals surface area (Å²) in [7, 11) is 0. The van der Waals surface area contributed by atoms with Crippen LogP contribution < -0.4 is 16.0 Å². The molecule has 0 spiro atoms. The third-order valence-corrected chi connectivity index (χ3v) is 6.29. The Balaban J connectivity index is 1.45. The quantitative estimate of drug-likeness (QED) is 0.464. The monoisotopic (exact) mass is 456 g/mol. The summed E-state index contributed by atoms with van der Waals surface area (Å²) in [6.07, 6.45) is 7.71. The summed E-state index contributed by atoms with van der Waals surface area (Å²) in [5.41, 5.74) is 8.40. The first kappa shape index (κ1) is 21.4. The van der Waals surface area contributed by atoms with Crippen molar-refractivity contribution in [3.8, 4) is 11.8 Å². The molecule has 11 nitrogen and oxygen atoms in total. The van der Waals surface area contributed by atoms with E-state index in [4.69, 9.17) is 11.0 Å². The van der Waals surface area contributed by atoms with Crippen molar-refractivity contribution in [1.29, 1.82) is 5.26 Å². The first-order chi connectivity index (χ1) is 16.4. The first-order valence-electron chi connectivity index (χ1n) is 10.9. The molecule has 5 heterocycles. The molecule has 0 bridgehead atoms. The lowest BCUT2D eigenvalue weighted by Crippen LogP contribution is -2.52. The molecule has 1 aliphatic heterocycles. The largest absolute Gasteiger partial charge is 0.379 e. The van der Waals surface area contributed by atoms with Crippen molar-refractivity contribution >= 4 is 22.9 Å². The average Bonchev–Trinajstić information content (AvgIpc) is 3.50. The van der Waals surface area contributed by atoms with E-state index in [1.165, 1.54) is 6.20 Å². The molecule has 1 amide bonds. The molecular weight excluding hydrogens is 432 g/mol. The number of hydrogen-bond donors (Lipinski definition) is 2. The maximum atomic E-state index is 12.3. The zero-order valence-corrected chi connectivity index (χ0v) is 18.9. The highest BCUT2D eigenvalue weighted by molar-refractivity contribution is 6.02. The Labute approximate surface area is 195 Å². The highest BCUT2D eigenvalue weighted by Gasteiger charge is 2.37. The van der Waals surface area contributed by atoms with E-state index in [-0.39, 0.29) is 11.5 Å². The van der Waals surface area contributed by atoms with Gasteiger partial charge in [-0.2, -0.15) is 15.5 Å². The van der Waals surface area contributed by atoms with Gasteiger partial charge in [-0.05, 0) is 30.7 Å². The summed E-state index contributed by atoms with van der Waals surface area (Å²) in [6.45, 7) is 5.81. The Morgan fingerprint density at radius 2 is 2.15 bits per heavy atom. The molecule has 0 aliphatic carbocycles. The highest BCUT2D eigenvalue weighted by Crippen LogP contribution is 2.35. The minimum absolute atomic E-state index is 0.0578. The van der Waals surface area contributed by atoms with Gasteiger partial charge in [-0.3, -0.25) is 4.79 Å². The predicted molar refractivity (Wildman–Crippen MR) is 126 cm³/mol. The van der Waals surface area contributed by atoms with Gasteiger partial charge >= 0.3 is 0 Å². The van der Waals surface area contributed by atoms with Gasteiger partial charge in [0.2, 0.25) is 0 Å². The maximum absolute atomic E-state index is 12.3. The van der Waals surface area contributed by atoms with Crippen LogP contribution in [0.15, 0.2) is 49.1 Å². The second-order valence-corrected chi connectivity index (χ2v) is 9.06. The van der Waals surface area contributed by atoms with E-state index in [0.717, 1.165) is 36.5 Å². The molecule has 1 fully saturated rings. The molecule has 0 radical (unpaired) electrons. The van der Waals surface area contributed by atoms with Crippen molar-refractivity contribution in [2.24, 2.45) is 11.1 Å². The standard InChI is InChI=1S/C23H24N10O/c1-23(2)14-31(20-5-4-15(11-24)29-30-20)9-6-19(23)28-21-17(22(25)34)12-27-33-13-16(10-18(21)33)32-8-3-7-26-32/h3-5,7-8,10,12-13,19,28H,6,9,14H2,1-2H3,(H2,25,34). The van der Waals surface area contributed by atoms with Crippen molar-refractivity contribution in [2.75, 3.05) is 23.3 Å². The summed E-state index contributed by atoms with van der Waals surface area (Å²) in [5.74, 6) is 0.201. The van der Waals surface area contributed by atoms with Gasteiger partial charge in [-0.15, -0.1) is 10.2 Å². The molecule has 34 heavy (non-hydrogen) atoms. The van der Waals surface area contributed by atoms with Crippen molar-refractivity contribution in [3.63, 3.8) is 0 Å². The van der Waals surface area contributed by atoms with Crippen LogP contribution in [0.3, 0.4) is 0 Å². The second kappa shape index (κ2) is 8.15. The lowest BCUT2D eigenvalue weighted by molar-refractivity contribution is 0.100. The lowest BCUT2D eigenvalue weighted by Gasteiger charge is -2.45. The van der Waals surface area contributed by atoms with E-state index in [1.54, 1.807) is 21.5 Å². The van der Waals surface area contributed by atoms with Gasteiger partial charge in [0.15, 0.2) is 11.5 Å². The Morgan fingerprint density at radius 1 is 1.29 bits per heavy atom. The molecule has 0 saturated carbocycles. The van der Waals surface area contributed by atoms with Crippen molar-refractivity contribution < 1.29 is 4.79 Å². The number of nitrogens with one attached hydrogen (secondary N) is 1. The van der Waals surface area contributed by atoms with Gasteiger partial charge in [-0.1, -0.05) is 13.8 Å². The number of amides is 1. The van der Waals surface area contributed by atoms with E-state index in [2.05, 4.69) is 44.5 Å². The average molecular weight is 457 g/mol. The number of primary amides is 1. The van der Waals surface area contributed by atoms with Gasteiger partial charge in [0.25, 0.3) is 5.91 Å². The van der Waals surface area contributed by atoms with Gasteiger partial charge in [0.05, 0.1) is 34.8 Å². The molecule has 4 aromatic heterocycles. The smallest absolute Gasteiger partial charge is 0.252 e. The number of carbonyl (C=O) groups excluding carboxylic acids is 1. The zero-order chi connectivity index (χ0) is 23.9. The number of fused-ring (bicyclic) bond motifs is 1. The molecule has 1 atom stereocenters. The summed E-state index contributed by atoms with van der Waals surface area (Å²) in [5, 5.41) is 29.4. The van der Waals surface area contributed by atoms with Gasteiger partial charge in [0.1, 0.15) is 6.07 Å². The number of piperidine rings is 1. The van der Waals surface area contributed by atoms with Crippen LogP contribution in [0.2, 0.25) is 0 Å². The van der Waals surface area contributed by atoms with Crippen molar-refractivity contribution in [1.82, 2.24) is 29.6 Å². The topological polar surface area (TPSA) is 143 Å². The lowest BCUT2D eigenvalue weighted by atomic mass is 9.79. The summed E-state index contributed by atoms with van der Waals surface area (Å²) in [4.78, 5) is 14.4. The Kier molecular flexibility index (Phi) is 5.13. The molecule has 1 unspecified atom stereocenters. The van der Waals surface area contributed by atoms with Crippen molar-refractivity contribution in [2.45, 2.75) is 26.3 Å². The van der Waals surface area contributed by atoms with Gasteiger partial charge in [0, 0.05) is 36.9 Å². The fraction of sp³-hybridized carbons (Fsp3) is 0.304. The van der Waals surface area contributed by atoms with E-state index < -0.39 is 5.91 Å². The molecule has 172 valence electrons. The third-order valence-electron chi connectivity index (χ3n) is 6.29. The van der Waals surface area contributed by atoms with Crippen LogP contribution in [0.25, 0.3) is 11.2 Å². The summed E-state index contributed by atoms with van der Waals surface area (Å²) >= 11 is 0. The van der Waals surface area contributed by atoms with Gasteiger partial charge in [-0.25, -0.2) is 9.20 Å². The normalized spacial score (nSPS) is 17.4. The number of hydrogen-bond acceptors (Lipinski definition) is 8. The molecule has 11 heteroatoms. The molecule has 1 saturated heterocycles. The van der Waals surface area contributed by atoms with E-state index in [1.807, 2.05) is 36.7 Å². The van der Waals surface area contributed by atoms with Crippen LogP contribution in [-0.2, 0) is 0 Å². The van der Waals surface area contributed by atoms with Crippen LogP contribution >= 0.6 is 0 Å². The minimum atomic E-state index is -0.539. The number of nitrogens with zero attached hydrogens (tertiary/aromatic N) is 8. The van der Waals surface area contributed by atoms with Crippen LogP contribution in [0.5, 0.6) is 0 Å². The summed E-state index contributed by atoms with van der Waals surface area (Å²) < 4.78 is 3.46. The van der Waals surface area contributed by atoms with Crippen LogP contribution in [-0.4, -0.2) is 54.6 Å². The maximum Gasteiger partial charge on any atom is 0.252 e. The van der Waals surface area contributed by atoms with Crippen LogP contribution in [0, 0.1) is 16.7 Å². The number of carbonyl (C=O) groups is 1. The highest BCUT2D eigenvalue weighted by atomic mass is 16.1. The Hall–Kier alpha value is -4.46. The molecule has 1 aliphatic rings. The van der Waals surface area contributed by atoms with Crippen LogP contribution in [0.1, 0.15) is 36.3 Å². The number of aromatic nitrogens is 6. The van der Waals surface area contributed by atoms with E-state index in [9.17, 15) is 4.79 Å². The van der Waals surface area contributed by atoms with E-state index in [0.29, 0.717) is 16.9 Å². The SMILES string of the molecule is CC1(C)CN(c2ccc(C#N)nn2)CCC1Nc1c(C(N)=O)cnn2cc(-n3cccn3)cc12. The molecule has 4 aromatic rings. The number of anilines is 2. The molecular formula is C23H24N10O. The molecule has 0 aromatic carbocycles. The fourth-order valence-corrected chi connectivity index (χ4v) is 4.48. The third kappa shape index (κ3) is 3.79. The Bertz CT molecular complexity index is 1380. The fourth-order valence-electron chi connectivity index (χ4n) is 4.48. The Morgan fingerprint density at radius 3 is 2.79 bits per heavy atom. The van der Waals surface area contributed by atoms with Crippen molar-refractivity contribution in [3.05, 3.63) is 60.3 Å². The zero-order valence-electron chi connectivity index (χ0n) is 18.9. The number of rotatable bonds is 5.